The average molecular weight is 237 g/mol. The molecule has 0 fully saturated rings. The molecule has 0 amide bonds. The molecule has 6 N–H and O–H groups in total. The van der Waals surface area contributed by atoms with Gasteiger partial charge >= 0.3 is 0 Å². The summed E-state index contributed by atoms with van der Waals surface area (Å²) in [4.78, 5) is 15.9. The number of amidine groups is 1. The lowest BCUT2D eigenvalue weighted by atomic mass is 10.6. The van der Waals surface area contributed by atoms with Crippen LogP contribution in [0.25, 0.3) is 0 Å². The Bertz CT molecular complexity index is 584. The molecule has 9 nitrogen and oxygen atoms in total. The summed E-state index contributed by atoms with van der Waals surface area (Å²) < 4.78 is 1.63. The molecule has 1 aromatic heterocycles. The summed E-state index contributed by atoms with van der Waals surface area (Å²) in [6.45, 7) is 0. The predicted octanol–water partition coefficient (Wildman–Crippen LogP) is -1.35. The molecular weight excluding hydrogens is 230 g/mol. The topological polar surface area (TPSA) is 143 Å². The van der Waals surface area contributed by atoms with Gasteiger partial charge in [0.05, 0.1) is 0 Å². The van der Waals surface area contributed by atoms with Gasteiger partial charge in [-0.2, -0.15) is 15.0 Å². The third-order valence-corrected chi connectivity index (χ3v) is 2.87. The van der Waals surface area contributed by atoms with Gasteiger partial charge in [0.2, 0.25) is 17.5 Å². The van der Waals surface area contributed by atoms with Crippen molar-refractivity contribution in [3.05, 3.63) is 5.62 Å². The molecule has 0 bridgehead atoms. The maximum Gasteiger partial charge on any atom is 0.248 e. The average Bonchev–Trinajstić information content (AvgIpc) is 2.14. The van der Waals surface area contributed by atoms with E-state index in [0.717, 1.165) is 0 Å². The molecule has 3 rings (SSSR count). The van der Waals surface area contributed by atoms with Crippen molar-refractivity contribution in [2.45, 2.75) is 5.50 Å². The Morgan fingerprint density at radius 1 is 1.38 bits per heavy atom. The monoisotopic (exact) mass is 237 g/mol. The molecule has 82 valence electrons. The summed E-state index contributed by atoms with van der Waals surface area (Å²) >= 11 is 1.25. The molecule has 0 aromatic carbocycles. The summed E-state index contributed by atoms with van der Waals surface area (Å²) in [6.07, 6.45) is 0. The molecule has 1 aromatic rings. The normalized spacial score (nSPS) is 21.6. The van der Waals surface area contributed by atoms with Crippen molar-refractivity contribution in [1.82, 2.24) is 14.5 Å². The number of anilines is 1. The highest BCUT2D eigenvalue weighted by Gasteiger charge is 2.28. The van der Waals surface area contributed by atoms with Crippen molar-refractivity contribution in [2.24, 2.45) is 21.5 Å². The van der Waals surface area contributed by atoms with E-state index in [1.807, 2.05) is 0 Å². The SMILES string of the molecule is N=c1nc2n3c(n1)NC(N)=NC3SC(N)=N2. The first kappa shape index (κ1) is 9.15. The number of aliphatic imine (C=N–C) groups is 2. The van der Waals surface area contributed by atoms with Crippen LogP contribution in [0.5, 0.6) is 0 Å². The lowest BCUT2D eigenvalue weighted by molar-refractivity contribution is 0.657. The van der Waals surface area contributed by atoms with Gasteiger partial charge in [0.25, 0.3) is 0 Å². The highest BCUT2D eigenvalue weighted by Crippen LogP contribution is 2.36. The molecule has 16 heavy (non-hydrogen) atoms. The maximum absolute atomic E-state index is 7.43. The molecule has 10 heteroatoms. The van der Waals surface area contributed by atoms with Gasteiger partial charge in [-0.1, -0.05) is 0 Å². The molecular formula is C6H7N9S. The number of hydrogen-bond donors (Lipinski definition) is 4. The van der Waals surface area contributed by atoms with Gasteiger partial charge in [-0.15, -0.1) is 0 Å². The third kappa shape index (κ3) is 1.23. The number of hydrogen-bond acceptors (Lipinski definition) is 9. The standard InChI is InChI=1S/C6H7N9S/c7-1-10-4-12-2(8)13-6-15(4)5(11-1)14-3(9)16-6/h6H,(H6,7,8,9,10,11,12,13,14). The Kier molecular flexibility index (Phi) is 1.68. The van der Waals surface area contributed by atoms with Crippen LogP contribution in [0, 0.1) is 5.41 Å². The van der Waals surface area contributed by atoms with Crippen LogP contribution in [0.3, 0.4) is 0 Å². The van der Waals surface area contributed by atoms with Crippen LogP contribution in [-0.4, -0.2) is 25.7 Å². The van der Waals surface area contributed by atoms with Crippen molar-refractivity contribution in [3.8, 4) is 0 Å². The van der Waals surface area contributed by atoms with Gasteiger partial charge in [0.15, 0.2) is 16.6 Å². The summed E-state index contributed by atoms with van der Waals surface area (Å²) in [5.74, 6) is 0.938. The van der Waals surface area contributed by atoms with Crippen molar-refractivity contribution >= 4 is 34.8 Å². The molecule has 0 saturated heterocycles. The van der Waals surface area contributed by atoms with Crippen LogP contribution in [0.2, 0.25) is 0 Å². The molecule has 0 saturated carbocycles. The van der Waals surface area contributed by atoms with Crippen molar-refractivity contribution in [3.63, 3.8) is 0 Å². The van der Waals surface area contributed by atoms with Crippen LogP contribution in [0.1, 0.15) is 5.50 Å². The first-order chi connectivity index (χ1) is 7.63. The Balaban J connectivity index is 2.31. The highest BCUT2D eigenvalue weighted by molar-refractivity contribution is 8.13. The molecule has 3 heterocycles. The molecule has 1 unspecified atom stereocenters. The zero-order valence-corrected chi connectivity index (χ0v) is 8.69. The third-order valence-electron chi connectivity index (χ3n) is 2.01. The first-order valence-electron chi connectivity index (χ1n) is 4.30. The van der Waals surface area contributed by atoms with Gasteiger partial charge in [0.1, 0.15) is 0 Å². The second-order valence-corrected chi connectivity index (χ2v) is 4.15. The quantitative estimate of drug-likeness (QED) is 0.439. The van der Waals surface area contributed by atoms with Crippen LogP contribution in [-0.2, 0) is 0 Å². The number of thioether (sulfide) groups is 1. The lowest BCUT2D eigenvalue weighted by Gasteiger charge is -2.27. The molecule has 2 aliphatic heterocycles. The number of nitrogens with one attached hydrogen (secondary N) is 2. The number of nitrogens with two attached hydrogens (primary N) is 2. The Morgan fingerprint density at radius 3 is 3.00 bits per heavy atom. The van der Waals surface area contributed by atoms with E-state index in [4.69, 9.17) is 16.9 Å². The minimum absolute atomic E-state index is 0.148. The minimum Gasteiger partial charge on any atom is -0.378 e. The smallest absolute Gasteiger partial charge is 0.248 e. The van der Waals surface area contributed by atoms with Crippen molar-refractivity contribution < 1.29 is 0 Å². The number of rotatable bonds is 0. The largest absolute Gasteiger partial charge is 0.378 e. The van der Waals surface area contributed by atoms with Gasteiger partial charge in [-0.05, 0) is 11.8 Å². The summed E-state index contributed by atoms with van der Waals surface area (Å²) in [5.41, 5.74) is 10.7. The van der Waals surface area contributed by atoms with Crippen LogP contribution in [0.4, 0.5) is 11.9 Å². The second-order valence-electron chi connectivity index (χ2n) is 3.07. The van der Waals surface area contributed by atoms with Crippen molar-refractivity contribution in [1.29, 1.82) is 5.41 Å². The highest BCUT2D eigenvalue weighted by atomic mass is 32.2. The Morgan fingerprint density at radius 2 is 2.19 bits per heavy atom. The Hall–Kier alpha value is -2.10. The molecule has 2 aliphatic rings. The van der Waals surface area contributed by atoms with E-state index in [1.165, 1.54) is 11.8 Å². The summed E-state index contributed by atoms with van der Waals surface area (Å²) in [5, 5.41) is 10.5. The van der Waals surface area contributed by atoms with Crippen molar-refractivity contribution in [2.75, 3.05) is 5.32 Å². The van der Waals surface area contributed by atoms with Gasteiger partial charge in [0, 0.05) is 0 Å². The van der Waals surface area contributed by atoms with E-state index in [-0.39, 0.29) is 17.1 Å². The summed E-state index contributed by atoms with van der Waals surface area (Å²) in [6, 6.07) is 0. The van der Waals surface area contributed by atoms with Crippen LogP contribution >= 0.6 is 11.8 Å². The summed E-state index contributed by atoms with van der Waals surface area (Å²) in [7, 11) is 0. The molecule has 1 atom stereocenters. The predicted molar refractivity (Wildman–Crippen MR) is 59.0 cm³/mol. The molecule has 0 aliphatic carbocycles. The second kappa shape index (κ2) is 2.95. The first-order valence-corrected chi connectivity index (χ1v) is 5.18. The van der Waals surface area contributed by atoms with Crippen LogP contribution in [0.15, 0.2) is 9.98 Å². The number of nitrogens with zero attached hydrogens (tertiary/aromatic N) is 5. The lowest BCUT2D eigenvalue weighted by Crippen LogP contribution is -2.36. The fourth-order valence-electron chi connectivity index (χ4n) is 1.43. The number of guanidine groups is 1. The van der Waals surface area contributed by atoms with E-state index >= 15 is 0 Å². The maximum atomic E-state index is 7.43. The fraction of sp³-hybridized carbons (Fsp3) is 0.167. The van der Waals surface area contributed by atoms with E-state index in [0.29, 0.717) is 17.1 Å². The van der Waals surface area contributed by atoms with E-state index in [9.17, 15) is 0 Å². The van der Waals surface area contributed by atoms with E-state index < -0.39 is 0 Å². The minimum atomic E-state index is -0.357. The van der Waals surface area contributed by atoms with E-state index in [1.54, 1.807) is 4.57 Å². The molecule has 0 radical (unpaired) electrons. The number of aromatic nitrogens is 3. The fourth-order valence-corrected chi connectivity index (χ4v) is 2.24. The van der Waals surface area contributed by atoms with Gasteiger partial charge in [-0.3, -0.25) is 10.7 Å². The Labute approximate surface area is 93.2 Å². The zero-order valence-electron chi connectivity index (χ0n) is 7.88. The molecule has 0 spiro atoms. The van der Waals surface area contributed by atoms with Crippen LogP contribution < -0.4 is 22.4 Å². The van der Waals surface area contributed by atoms with E-state index in [2.05, 4.69) is 25.3 Å². The van der Waals surface area contributed by atoms with Gasteiger partial charge < -0.3 is 11.5 Å². The van der Waals surface area contributed by atoms with Gasteiger partial charge in [-0.25, -0.2) is 9.56 Å². The zero-order chi connectivity index (χ0) is 11.3.